The Kier molecular flexibility index (Phi) is 7.42. The molecule has 1 aliphatic heterocycles. The van der Waals surface area contributed by atoms with E-state index < -0.39 is 11.9 Å². The number of rotatable bonds is 8. The molecule has 0 amide bonds. The summed E-state index contributed by atoms with van der Waals surface area (Å²) in [5.41, 5.74) is 8.42. The number of aromatic nitrogens is 1. The predicted octanol–water partition coefficient (Wildman–Crippen LogP) is 3.49. The van der Waals surface area contributed by atoms with Crippen molar-refractivity contribution in [2.75, 3.05) is 27.9 Å². The van der Waals surface area contributed by atoms with Crippen LogP contribution < -0.4 is 30.2 Å². The molecule has 0 bridgehead atoms. The first-order valence-corrected chi connectivity index (χ1v) is 11.8. The van der Waals surface area contributed by atoms with Crippen molar-refractivity contribution in [2.45, 2.75) is 26.3 Å². The maximum Gasteiger partial charge on any atom is 0.340 e. The van der Waals surface area contributed by atoms with Crippen molar-refractivity contribution in [3.8, 4) is 23.0 Å². The van der Waals surface area contributed by atoms with Gasteiger partial charge in [0.05, 0.1) is 46.0 Å². The van der Waals surface area contributed by atoms with Gasteiger partial charge < -0.3 is 34.0 Å². The first kappa shape index (κ1) is 25.7. The van der Waals surface area contributed by atoms with Crippen LogP contribution in [0, 0.1) is 6.92 Å². The molecule has 0 radical (unpaired) electrons. The molecule has 194 valence electrons. The molecule has 0 spiro atoms. The van der Waals surface area contributed by atoms with Crippen LogP contribution in [0.2, 0.25) is 0 Å². The predicted molar refractivity (Wildman–Crippen MR) is 137 cm³/mol. The smallest absolute Gasteiger partial charge is 0.340 e. The van der Waals surface area contributed by atoms with Crippen molar-refractivity contribution in [2.24, 2.45) is 5.73 Å². The summed E-state index contributed by atoms with van der Waals surface area (Å²) < 4.78 is 28.9. The molecular weight excluding hydrogens is 476 g/mol. The molecule has 1 aromatic heterocycles. The van der Waals surface area contributed by atoms with Crippen LogP contribution in [0.1, 0.15) is 35.2 Å². The number of esters is 1. The van der Waals surface area contributed by atoms with Gasteiger partial charge in [-0.15, -0.1) is 0 Å². The lowest BCUT2D eigenvalue weighted by Crippen LogP contribution is -2.35. The fraction of sp³-hybridized carbons (Fsp3) is 0.286. The third-order valence-electron chi connectivity index (χ3n) is 6.28. The molecule has 2 heterocycles. The van der Waals surface area contributed by atoms with Crippen molar-refractivity contribution in [1.29, 1.82) is 0 Å². The van der Waals surface area contributed by atoms with E-state index in [1.54, 1.807) is 63.2 Å². The number of benzene rings is 2. The normalized spacial score (nSPS) is 14.5. The van der Waals surface area contributed by atoms with Crippen LogP contribution in [-0.2, 0) is 16.1 Å². The maximum absolute atomic E-state index is 14.1. The second-order valence-electron chi connectivity index (χ2n) is 8.45. The molecule has 9 heteroatoms. The van der Waals surface area contributed by atoms with E-state index >= 15 is 0 Å². The number of nitrogens with two attached hydrogens (primary N) is 1. The Morgan fingerprint density at radius 2 is 1.78 bits per heavy atom. The maximum atomic E-state index is 14.1. The van der Waals surface area contributed by atoms with Gasteiger partial charge in [0.25, 0.3) is 5.56 Å². The number of aryl methyl sites for hydroxylation is 1. The molecule has 0 aliphatic carbocycles. The van der Waals surface area contributed by atoms with Crippen LogP contribution in [-0.4, -0.2) is 38.5 Å². The lowest BCUT2D eigenvalue weighted by molar-refractivity contribution is -0.139. The van der Waals surface area contributed by atoms with E-state index in [4.69, 9.17) is 29.4 Å². The van der Waals surface area contributed by atoms with Crippen molar-refractivity contribution >= 4 is 5.97 Å². The van der Waals surface area contributed by atoms with Crippen LogP contribution in [0.25, 0.3) is 0 Å². The second-order valence-corrected chi connectivity index (χ2v) is 8.45. The van der Waals surface area contributed by atoms with Crippen molar-refractivity contribution in [1.82, 2.24) is 4.57 Å². The Morgan fingerprint density at radius 3 is 2.46 bits per heavy atom. The number of hydrogen-bond donors (Lipinski definition) is 1. The summed E-state index contributed by atoms with van der Waals surface area (Å²) in [6.45, 7) is 3.92. The topological polar surface area (TPSA) is 111 Å². The highest BCUT2D eigenvalue weighted by molar-refractivity contribution is 5.92. The Balaban J connectivity index is 1.90. The minimum Gasteiger partial charge on any atom is -0.497 e. The van der Waals surface area contributed by atoms with E-state index in [0.29, 0.717) is 34.3 Å². The summed E-state index contributed by atoms with van der Waals surface area (Å²) in [4.78, 5) is 27.1. The Hall–Kier alpha value is -4.40. The molecule has 2 N–H and O–H groups in total. The standard InChI is InChI=1S/C28H30N2O7/c1-6-36-28(32)25-23(18-8-7-9-19(14-18)33-3)24-22(37-26(25)29)12-16(2)30(27(24)31)15-17-10-11-20(34-4)21(13-17)35-5/h7-14,23H,6,15,29H2,1-5H3. The lowest BCUT2D eigenvalue weighted by atomic mass is 9.83. The number of hydrogen-bond acceptors (Lipinski definition) is 8. The largest absolute Gasteiger partial charge is 0.497 e. The molecule has 37 heavy (non-hydrogen) atoms. The summed E-state index contributed by atoms with van der Waals surface area (Å²) >= 11 is 0. The number of carbonyl (C=O) groups is 1. The number of pyridine rings is 1. The minimum atomic E-state index is -0.817. The van der Waals surface area contributed by atoms with Gasteiger partial charge in [0.1, 0.15) is 17.1 Å². The number of ether oxygens (including phenoxy) is 5. The summed E-state index contributed by atoms with van der Waals surface area (Å²) in [7, 11) is 4.67. The van der Waals surface area contributed by atoms with Gasteiger partial charge in [-0.3, -0.25) is 4.79 Å². The number of nitrogens with zero attached hydrogens (tertiary/aromatic N) is 1. The molecule has 1 atom stereocenters. The van der Waals surface area contributed by atoms with Crippen LogP contribution in [0.5, 0.6) is 23.0 Å². The Morgan fingerprint density at radius 1 is 1.03 bits per heavy atom. The van der Waals surface area contributed by atoms with Crippen LogP contribution in [0.15, 0.2) is 64.8 Å². The fourth-order valence-electron chi connectivity index (χ4n) is 4.51. The van der Waals surface area contributed by atoms with Crippen molar-refractivity contribution < 1.29 is 28.5 Å². The quantitative estimate of drug-likeness (QED) is 0.462. The zero-order chi connectivity index (χ0) is 26.7. The van der Waals surface area contributed by atoms with Gasteiger partial charge in [0.2, 0.25) is 5.88 Å². The molecule has 3 aromatic rings. The average Bonchev–Trinajstić information content (AvgIpc) is 2.90. The summed E-state index contributed by atoms with van der Waals surface area (Å²) in [5, 5.41) is 0. The number of methoxy groups -OCH3 is 3. The van der Waals surface area contributed by atoms with Crippen LogP contribution in [0.3, 0.4) is 0 Å². The van der Waals surface area contributed by atoms with E-state index in [0.717, 1.165) is 5.56 Å². The molecule has 9 nitrogen and oxygen atoms in total. The van der Waals surface area contributed by atoms with Gasteiger partial charge >= 0.3 is 5.97 Å². The van der Waals surface area contributed by atoms with Gasteiger partial charge in [0, 0.05) is 11.8 Å². The molecule has 0 fully saturated rings. The molecule has 2 aromatic carbocycles. The zero-order valence-electron chi connectivity index (χ0n) is 21.5. The fourth-order valence-corrected chi connectivity index (χ4v) is 4.51. The Bertz CT molecular complexity index is 1420. The number of fused-ring (bicyclic) bond motifs is 1. The van der Waals surface area contributed by atoms with E-state index in [2.05, 4.69) is 0 Å². The third kappa shape index (κ3) is 4.84. The van der Waals surface area contributed by atoms with Crippen LogP contribution >= 0.6 is 0 Å². The third-order valence-corrected chi connectivity index (χ3v) is 6.28. The van der Waals surface area contributed by atoms with Gasteiger partial charge in [-0.05, 0) is 49.2 Å². The van der Waals surface area contributed by atoms with E-state index in [-0.39, 0.29) is 35.7 Å². The first-order chi connectivity index (χ1) is 17.8. The summed E-state index contributed by atoms with van der Waals surface area (Å²) in [6.07, 6.45) is 0. The highest BCUT2D eigenvalue weighted by atomic mass is 16.5. The molecule has 1 unspecified atom stereocenters. The van der Waals surface area contributed by atoms with Gasteiger partial charge in [-0.2, -0.15) is 0 Å². The summed E-state index contributed by atoms with van der Waals surface area (Å²) in [6, 6.07) is 14.4. The zero-order valence-corrected chi connectivity index (χ0v) is 21.5. The Labute approximate surface area is 215 Å². The van der Waals surface area contributed by atoms with Crippen LogP contribution in [0.4, 0.5) is 0 Å². The molecule has 4 rings (SSSR count). The SMILES string of the molecule is CCOC(=O)C1=C(N)Oc2cc(C)n(Cc3ccc(OC)c(OC)c3)c(=O)c2C1c1cccc(OC)c1. The van der Waals surface area contributed by atoms with E-state index in [9.17, 15) is 9.59 Å². The van der Waals surface area contributed by atoms with Gasteiger partial charge in [0.15, 0.2) is 11.5 Å². The minimum absolute atomic E-state index is 0.0706. The molecular formula is C28H30N2O7. The highest BCUT2D eigenvalue weighted by Gasteiger charge is 2.38. The molecule has 0 saturated heterocycles. The monoisotopic (exact) mass is 506 g/mol. The van der Waals surface area contributed by atoms with E-state index in [1.807, 2.05) is 25.1 Å². The highest BCUT2D eigenvalue weighted by Crippen LogP contribution is 2.42. The summed E-state index contributed by atoms with van der Waals surface area (Å²) in [5.74, 6) is 0.450. The first-order valence-electron chi connectivity index (χ1n) is 11.8. The van der Waals surface area contributed by atoms with Gasteiger partial charge in [-0.1, -0.05) is 18.2 Å². The number of carbonyl (C=O) groups excluding carboxylic acids is 1. The van der Waals surface area contributed by atoms with Gasteiger partial charge in [-0.25, -0.2) is 4.79 Å². The average molecular weight is 507 g/mol. The molecule has 0 saturated carbocycles. The lowest BCUT2D eigenvalue weighted by Gasteiger charge is -2.29. The second kappa shape index (κ2) is 10.7. The van der Waals surface area contributed by atoms with Crippen molar-refractivity contribution in [3.63, 3.8) is 0 Å². The van der Waals surface area contributed by atoms with Crippen molar-refractivity contribution in [3.05, 3.63) is 92.7 Å². The molecule has 1 aliphatic rings. The van der Waals surface area contributed by atoms with E-state index in [1.165, 1.54) is 0 Å².